The lowest BCUT2D eigenvalue weighted by Gasteiger charge is -2.12. The van der Waals surface area contributed by atoms with E-state index in [9.17, 15) is 0 Å². The van der Waals surface area contributed by atoms with Crippen molar-refractivity contribution in [3.8, 4) is 114 Å². The van der Waals surface area contributed by atoms with E-state index in [2.05, 4.69) is 103 Å². The van der Waals surface area contributed by atoms with Crippen LogP contribution in [0.15, 0.2) is 369 Å². The van der Waals surface area contributed by atoms with Gasteiger partial charge in [-0.25, -0.2) is 19.9 Å². The standard InChI is InChI=1S/C31H23N7O2.C24H18ClN5O2.C13H10Cl2N4O.C13H13NO2.C11H9NO.C8H9BrO2.C6H5BrO/c1-39-26-10-4-22(5-11-26)19-38-20-34-29-28(38)30(37-31(36-29)35-25-8-2-21(18-32)3-9-25)40-27-12-6-23(7-13-27)24-14-16-33-17-15-24;1-31-19-6-2-16(3-7-19)14-30-15-27-22-21(30)23(29-24(25)28-22)32-20-8-4-17(5-9-20)18-10-12-26-13-11-18;1-20-9-4-2-8(3-5-9)6-19-7-16-12-10(19)11(14)17-13(15)18-12;1-15-10-16-13-4-2-11(3-5-13)12-6-8-14-9-7-12;13-11-3-1-9(2-4-11)10-5-7-12-8-6-10;1-10-6-11-8-4-2-7(9)3-5-8;7-5-1-3-6(8)4-2-5/h2-17,20H,19H2,1H3,(H,35,36,37);2-13,15H,14H2,1H3;2-5,7H,6H2,1H3;2-9H,10H2,1H3;1-8,13H;2-5H,6H2,1H3;1-4,8H. The minimum Gasteiger partial charge on any atom is -0.508 e. The van der Waals surface area contributed by atoms with Gasteiger partial charge in [0.2, 0.25) is 22.4 Å². The molecule has 0 amide bonds. The summed E-state index contributed by atoms with van der Waals surface area (Å²) in [4.78, 5) is 55.1. The summed E-state index contributed by atoms with van der Waals surface area (Å²) in [5, 5.41) is 30.6. The first-order valence-electron chi connectivity index (χ1n) is 42.7. The van der Waals surface area contributed by atoms with Crippen molar-refractivity contribution in [1.29, 1.82) is 5.26 Å². The van der Waals surface area contributed by atoms with E-state index < -0.39 is 0 Å². The van der Waals surface area contributed by atoms with E-state index in [1.165, 1.54) is 0 Å². The Balaban J connectivity index is 0.000000139. The molecule has 0 aliphatic heterocycles. The van der Waals surface area contributed by atoms with E-state index in [4.69, 9.17) is 97.9 Å². The smallest absolute Gasteiger partial charge is 0.250 e. The Labute approximate surface area is 837 Å². The predicted octanol–water partition coefficient (Wildman–Crippen LogP) is 24.7. The Hall–Kier alpha value is -16.3. The van der Waals surface area contributed by atoms with Crippen LogP contribution in [-0.4, -0.2) is 138 Å². The van der Waals surface area contributed by atoms with Crippen molar-refractivity contribution < 1.29 is 52.8 Å². The Morgan fingerprint density at radius 2 is 0.629 bits per heavy atom. The van der Waals surface area contributed by atoms with Gasteiger partial charge in [0.05, 0.1) is 51.9 Å². The van der Waals surface area contributed by atoms with Gasteiger partial charge < -0.3 is 71.9 Å². The molecule has 34 heteroatoms. The molecule has 0 radical (unpaired) electrons. The maximum atomic E-state index is 9.10. The van der Waals surface area contributed by atoms with Crippen molar-refractivity contribution in [3.63, 3.8) is 0 Å². The van der Waals surface area contributed by atoms with Gasteiger partial charge in [-0.3, -0.25) is 19.9 Å². The fourth-order valence-electron chi connectivity index (χ4n) is 13.3. The lowest BCUT2D eigenvalue weighted by molar-refractivity contribution is 0.0509. The number of phenolic OH excluding ortho intramolecular Hbond substituents is 2. The zero-order valence-electron chi connectivity index (χ0n) is 75.7. The molecule has 0 aliphatic carbocycles. The zero-order valence-corrected chi connectivity index (χ0v) is 81.1. The number of pyridine rings is 4. The van der Waals surface area contributed by atoms with Crippen LogP contribution >= 0.6 is 66.7 Å². The number of fused-ring (bicyclic) bond motifs is 3. The largest absolute Gasteiger partial charge is 0.508 e. The summed E-state index contributed by atoms with van der Waals surface area (Å²) in [6.07, 6.45) is 19.2. The van der Waals surface area contributed by atoms with Gasteiger partial charge >= 0.3 is 0 Å². The maximum absolute atomic E-state index is 9.10. The number of hydrogen-bond donors (Lipinski definition) is 3. The summed E-state index contributed by atoms with van der Waals surface area (Å²) >= 11 is 24.6. The minimum atomic E-state index is 0.0793. The quantitative estimate of drug-likeness (QED) is 0.0272. The molecule has 3 N–H and O–H groups in total. The molecule has 10 aromatic heterocycles. The van der Waals surface area contributed by atoms with Crippen LogP contribution in [0.2, 0.25) is 15.7 Å². The van der Waals surface area contributed by atoms with E-state index in [0.717, 1.165) is 105 Å². The van der Waals surface area contributed by atoms with Crippen molar-refractivity contribution in [1.82, 2.24) is 78.5 Å². The highest BCUT2D eigenvalue weighted by Crippen LogP contribution is 2.36. The molecule has 0 atom stereocenters. The summed E-state index contributed by atoms with van der Waals surface area (Å²) in [5.41, 5.74) is 16.7. The SMILES string of the molecule is COCOc1ccc(-c2ccncc2)cc1.COCOc1ccc(Br)cc1.COc1ccc(Cn2cnc3nc(Cl)nc(Cl)c32)cc1.COc1ccc(Cn2cnc3nc(Cl)nc(Oc4ccc(-c5ccncc5)cc4)c32)cc1.COc1ccc(Cn2cnc3nc(Nc4ccc(C#N)cc4)nc(Oc4ccc(-c5ccncc5)cc4)c32)cc1.Oc1ccc(-c2ccncc2)cc1.Oc1ccc(Br)cc1. The molecule has 10 aromatic carbocycles. The van der Waals surface area contributed by atoms with E-state index in [1.807, 2.05) is 244 Å². The average molecular weight is 2060 g/mol. The number of phenols is 2. The number of halogens is 5. The van der Waals surface area contributed by atoms with Crippen LogP contribution < -0.4 is 38.5 Å². The third kappa shape index (κ3) is 29.1. The number of aromatic nitrogens is 16. The number of rotatable bonds is 25. The Morgan fingerprint density at radius 1 is 0.329 bits per heavy atom. The van der Waals surface area contributed by atoms with Crippen molar-refractivity contribution in [2.45, 2.75) is 19.6 Å². The van der Waals surface area contributed by atoms with Crippen LogP contribution in [0.4, 0.5) is 11.6 Å². The number of hydrogen-bond acceptors (Lipinski definition) is 26. The maximum Gasteiger partial charge on any atom is 0.250 e. The first kappa shape index (κ1) is 99.7. The van der Waals surface area contributed by atoms with E-state index in [1.54, 1.807) is 165 Å². The van der Waals surface area contributed by atoms with Gasteiger partial charge in [0.15, 0.2) is 46.7 Å². The number of benzene rings is 10. The first-order chi connectivity index (χ1) is 68.4. The molecule has 0 unspecified atom stereocenters. The second-order valence-electron chi connectivity index (χ2n) is 29.7. The van der Waals surface area contributed by atoms with Gasteiger partial charge in [0, 0.05) is 98.1 Å². The van der Waals surface area contributed by atoms with E-state index in [0.29, 0.717) is 106 Å². The molecule has 0 aliphatic rings. The van der Waals surface area contributed by atoms with Gasteiger partial charge in [-0.2, -0.15) is 30.2 Å². The minimum absolute atomic E-state index is 0.0793. The molecule has 20 aromatic rings. The van der Waals surface area contributed by atoms with Crippen molar-refractivity contribution >= 4 is 112 Å². The highest BCUT2D eigenvalue weighted by molar-refractivity contribution is 9.10. The molecular formula is C106H87Br2Cl3N18O11. The third-order valence-electron chi connectivity index (χ3n) is 20.3. The number of ether oxygens (including phenoxy) is 9. The van der Waals surface area contributed by atoms with Crippen molar-refractivity contribution in [2.24, 2.45) is 0 Å². The molecule has 10 heterocycles. The van der Waals surface area contributed by atoms with Crippen LogP contribution in [0.5, 0.6) is 63.5 Å². The molecular weight excluding hydrogens is 1970 g/mol. The molecule has 29 nitrogen and oxygen atoms in total. The fourth-order valence-corrected chi connectivity index (χ4v) is 14.5. The fraction of sp³-hybridized carbons (Fsp3) is 0.0943. The van der Waals surface area contributed by atoms with Crippen LogP contribution in [0.3, 0.4) is 0 Å². The van der Waals surface area contributed by atoms with Crippen molar-refractivity contribution in [2.75, 3.05) is 54.5 Å². The summed E-state index contributed by atoms with van der Waals surface area (Å²) in [6, 6.07) is 93.3. The molecule has 0 saturated heterocycles. The number of nitrogens with zero attached hydrogens (tertiary/aromatic N) is 17. The van der Waals surface area contributed by atoms with Gasteiger partial charge in [-0.1, -0.05) is 128 Å². The monoisotopic (exact) mass is 2050 g/mol. The van der Waals surface area contributed by atoms with Crippen LogP contribution in [-0.2, 0) is 29.1 Å². The lowest BCUT2D eigenvalue weighted by Crippen LogP contribution is -2.04. The van der Waals surface area contributed by atoms with Crippen LogP contribution in [0.1, 0.15) is 22.3 Å². The molecule has 20 rings (SSSR count). The zero-order chi connectivity index (χ0) is 97.7. The Kier molecular flexibility index (Phi) is 36.3. The third-order valence-corrected chi connectivity index (χ3v) is 22.0. The Bertz CT molecular complexity index is 7300. The van der Waals surface area contributed by atoms with Gasteiger partial charge in [0.1, 0.15) is 57.3 Å². The molecule has 140 heavy (non-hydrogen) atoms. The van der Waals surface area contributed by atoms with Gasteiger partial charge in [0.25, 0.3) is 5.88 Å². The van der Waals surface area contributed by atoms with Gasteiger partial charge in [-0.05, 0) is 291 Å². The molecule has 0 fully saturated rings. The normalized spacial score (nSPS) is 10.5. The molecule has 702 valence electrons. The second kappa shape index (κ2) is 51.0. The summed E-state index contributed by atoms with van der Waals surface area (Å²) in [6.45, 7) is 2.30. The van der Waals surface area contributed by atoms with Crippen LogP contribution in [0.25, 0.3) is 78.0 Å². The topological polar surface area (TPSA) is 342 Å². The summed E-state index contributed by atoms with van der Waals surface area (Å²) in [5.74, 6) is 6.93. The van der Waals surface area contributed by atoms with E-state index >= 15 is 0 Å². The summed E-state index contributed by atoms with van der Waals surface area (Å²) < 4.78 is 56.0. The highest BCUT2D eigenvalue weighted by atomic mass is 79.9. The predicted molar refractivity (Wildman–Crippen MR) is 547 cm³/mol. The number of aromatic hydroxyl groups is 2. The Morgan fingerprint density at radius 3 is 0.986 bits per heavy atom. The number of nitrogens with one attached hydrogen (secondary N) is 1. The molecule has 0 bridgehead atoms. The van der Waals surface area contributed by atoms with Crippen LogP contribution in [0, 0.1) is 11.3 Å². The van der Waals surface area contributed by atoms with Crippen molar-refractivity contribution in [3.05, 3.63) is 407 Å². The number of anilines is 2. The first-order valence-corrected chi connectivity index (χ1v) is 45.5. The number of methoxy groups -OCH3 is 5. The summed E-state index contributed by atoms with van der Waals surface area (Å²) in [7, 11) is 8.13. The second-order valence-corrected chi connectivity index (χ2v) is 32.6. The van der Waals surface area contributed by atoms with E-state index in [-0.39, 0.29) is 23.1 Å². The average Bonchev–Trinajstić information content (AvgIpc) is 1.64. The number of imidazole rings is 3. The molecule has 0 saturated carbocycles. The lowest BCUT2D eigenvalue weighted by atomic mass is 10.1. The van der Waals surface area contributed by atoms with Gasteiger partial charge in [-0.15, -0.1) is 0 Å². The highest BCUT2D eigenvalue weighted by Gasteiger charge is 2.20. The molecule has 0 spiro atoms. The number of nitriles is 1.